The standard InChI is InChI=1S/C10H15BrO2S/c1-10(2,6-12)5-7-4-8(11)9(13-3)14-7/h4,12H,5-6H2,1-3H3. The maximum Gasteiger partial charge on any atom is 0.188 e. The van der Waals surface area contributed by atoms with E-state index in [1.54, 1.807) is 18.4 Å². The van der Waals surface area contributed by atoms with Crippen LogP contribution in [0.15, 0.2) is 10.5 Å². The molecule has 2 nitrogen and oxygen atoms in total. The predicted molar refractivity (Wildman–Crippen MR) is 63.1 cm³/mol. The van der Waals surface area contributed by atoms with E-state index in [1.165, 1.54) is 4.88 Å². The third kappa shape index (κ3) is 2.97. The van der Waals surface area contributed by atoms with Gasteiger partial charge >= 0.3 is 0 Å². The average molecular weight is 279 g/mol. The van der Waals surface area contributed by atoms with E-state index in [-0.39, 0.29) is 12.0 Å². The maximum absolute atomic E-state index is 9.15. The average Bonchev–Trinajstić information content (AvgIpc) is 2.45. The van der Waals surface area contributed by atoms with E-state index in [4.69, 9.17) is 9.84 Å². The van der Waals surface area contributed by atoms with E-state index in [9.17, 15) is 0 Å². The van der Waals surface area contributed by atoms with Crippen LogP contribution < -0.4 is 4.74 Å². The molecule has 0 spiro atoms. The first kappa shape index (κ1) is 12.0. The molecule has 1 aromatic rings. The van der Waals surface area contributed by atoms with Crippen LogP contribution in [-0.4, -0.2) is 18.8 Å². The van der Waals surface area contributed by atoms with Crippen molar-refractivity contribution in [2.24, 2.45) is 5.41 Å². The van der Waals surface area contributed by atoms with Gasteiger partial charge in [0.2, 0.25) is 0 Å². The summed E-state index contributed by atoms with van der Waals surface area (Å²) in [6.45, 7) is 4.30. The van der Waals surface area contributed by atoms with E-state index in [1.807, 2.05) is 13.8 Å². The number of aliphatic hydroxyl groups excluding tert-OH is 1. The second kappa shape index (κ2) is 4.64. The number of methoxy groups -OCH3 is 1. The molecule has 0 bridgehead atoms. The number of ether oxygens (including phenoxy) is 1. The molecule has 0 atom stereocenters. The van der Waals surface area contributed by atoms with Gasteiger partial charge in [0, 0.05) is 11.5 Å². The summed E-state index contributed by atoms with van der Waals surface area (Å²) >= 11 is 5.05. The highest BCUT2D eigenvalue weighted by molar-refractivity contribution is 9.10. The topological polar surface area (TPSA) is 29.5 Å². The van der Waals surface area contributed by atoms with Crippen LogP contribution in [-0.2, 0) is 6.42 Å². The lowest BCUT2D eigenvalue weighted by atomic mass is 9.90. The zero-order chi connectivity index (χ0) is 10.8. The molecule has 0 saturated heterocycles. The van der Waals surface area contributed by atoms with Gasteiger partial charge < -0.3 is 9.84 Å². The third-order valence-corrected chi connectivity index (χ3v) is 3.92. The van der Waals surface area contributed by atoms with Crippen molar-refractivity contribution in [3.63, 3.8) is 0 Å². The maximum atomic E-state index is 9.15. The predicted octanol–water partition coefficient (Wildman–Crippen LogP) is 3.08. The molecule has 0 aromatic carbocycles. The van der Waals surface area contributed by atoms with Crippen LogP contribution in [0.4, 0.5) is 0 Å². The first-order valence-electron chi connectivity index (χ1n) is 4.41. The highest BCUT2D eigenvalue weighted by Crippen LogP contribution is 2.37. The van der Waals surface area contributed by atoms with Crippen LogP contribution in [0.1, 0.15) is 18.7 Å². The van der Waals surface area contributed by atoms with Crippen molar-refractivity contribution in [3.05, 3.63) is 15.4 Å². The molecule has 1 aromatic heterocycles. The molecule has 14 heavy (non-hydrogen) atoms. The Balaban J connectivity index is 2.77. The minimum Gasteiger partial charge on any atom is -0.486 e. The van der Waals surface area contributed by atoms with Gasteiger partial charge in [0.15, 0.2) is 5.06 Å². The number of thiophene rings is 1. The molecule has 80 valence electrons. The summed E-state index contributed by atoms with van der Waals surface area (Å²) < 4.78 is 6.18. The van der Waals surface area contributed by atoms with Gasteiger partial charge in [0.1, 0.15) is 0 Å². The minimum absolute atomic E-state index is 0.0602. The minimum atomic E-state index is -0.0602. The summed E-state index contributed by atoms with van der Waals surface area (Å²) in [7, 11) is 1.66. The molecule has 0 aliphatic carbocycles. The molecular formula is C10H15BrO2S. The van der Waals surface area contributed by atoms with E-state index in [2.05, 4.69) is 22.0 Å². The Morgan fingerprint density at radius 2 is 2.21 bits per heavy atom. The molecule has 0 saturated carbocycles. The molecular weight excluding hydrogens is 264 g/mol. The van der Waals surface area contributed by atoms with Gasteiger partial charge in [-0.05, 0) is 33.8 Å². The summed E-state index contributed by atoms with van der Waals surface area (Å²) in [5, 5.41) is 10.0. The van der Waals surface area contributed by atoms with Crippen molar-refractivity contribution < 1.29 is 9.84 Å². The Morgan fingerprint density at radius 3 is 2.64 bits per heavy atom. The third-order valence-electron chi connectivity index (χ3n) is 1.97. The quantitative estimate of drug-likeness (QED) is 0.917. The van der Waals surface area contributed by atoms with E-state index >= 15 is 0 Å². The fourth-order valence-electron chi connectivity index (χ4n) is 1.15. The van der Waals surface area contributed by atoms with Gasteiger partial charge in [0.05, 0.1) is 11.6 Å². The lowest BCUT2D eigenvalue weighted by Gasteiger charge is -2.19. The van der Waals surface area contributed by atoms with Gasteiger partial charge in [-0.25, -0.2) is 0 Å². The fourth-order valence-corrected chi connectivity index (χ4v) is 3.10. The van der Waals surface area contributed by atoms with Crippen LogP contribution in [0.3, 0.4) is 0 Å². The molecule has 4 heteroatoms. The van der Waals surface area contributed by atoms with Crippen LogP contribution >= 0.6 is 27.3 Å². The van der Waals surface area contributed by atoms with Crippen molar-refractivity contribution in [1.29, 1.82) is 0 Å². The number of rotatable bonds is 4. The van der Waals surface area contributed by atoms with E-state index < -0.39 is 0 Å². The largest absolute Gasteiger partial charge is 0.486 e. The lowest BCUT2D eigenvalue weighted by Crippen LogP contribution is -2.18. The number of halogens is 1. The summed E-state index contributed by atoms with van der Waals surface area (Å²) in [6, 6.07) is 2.06. The highest BCUT2D eigenvalue weighted by atomic mass is 79.9. The van der Waals surface area contributed by atoms with Crippen LogP contribution in [0.2, 0.25) is 0 Å². The van der Waals surface area contributed by atoms with Crippen LogP contribution in [0.25, 0.3) is 0 Å². The van der Waals surface area contributed by atoms with Crippen molar-refractivity contribution >= 4 is 27.3 Å². The fraction of sp³-hybridized carbons (Fsp3) is 0.600. The zero-order valence-electron chi connectivity index (χ0n) is 8.63. The Labute approximate surface area is 97.0 Å². The Morgan fingerprint density at radius 1 is 1.57 bits per heavy atom. The number of aliphatic hydroxyl groups is 1. The van der Waals surface area contributed by atoms with Crippen molar-refractivity contribution in [2.75, 3.05) is 13.7 Å². The van der Waals surface area contributed by atoms with Gasteiger partial charge in [0.25, 0.3) is 0 Å². The highest BCUT2D eigenvalue weighted by Gasteiger charge is 2.19. The van der Waals surface area contributed by atoms with E-state index in [0.717, 1.165) is 16.0 Å². The smallest absolute Gasteiger partial charge is 0.188 e. The first-order chi connectivity index (χ1) is 6.48. The molecule has 0 radical (unpaired) electrons. The Kier molecular flexibility index (Phi) is 3.98. The zero-order valence-corrected chi connectivity index (χ0v) is 11.0. The van der Waals surface area contributed by atoms with Crippen molar-refractivity contribution in [3.8, 4) is 5.06 Å². The van der Waals surface area contributed by atoms with E-state index in [0.29, 0.717) is 0 Å². The van der Waals surface area contributed by atoms with Gasteiger partial charge in [-0.1, -0.05) is 13.8 Å². The lowest BCUT2D eigenvalue weighted by molar-refractivity contribution is 0.160. The Bertz CT molecular complexity index is 307. The normalized spacial score (nSPS) is 11.8. The van der Waals surface area contributed by atoms with Gasteiger partial charge in [-0.2, -0.15) is 0 Å². The van der Waals surface area contributed by atoms with Crippen LogP contribution in [0.5, 0.6) is 5.06 Å². The second-order valence-corrected chi connectivity index (χ2v) is 6.00. The second-order valence-electron chi connectivity index (χ2n) is 4.05. The molecule has 1 N–H and O–H groups in total. The number of hydrogen-bond donors (Lipinski definition) is 1. The summed E-state index contributed by atoms with van der Waals surface area (Å²) in [5.74, 6) is 0. The molecule has 0 amide bonds. The summed E-state index contributed by atoms with van der Waals surface area (Å²) in [6.07, 6.45) is 0.871. The van der Waals surface area contributed by atoms with Gasteiger partial charge in [-0.3, -0.25) is 0 Å². The molecule has 0 fully saturated rings. The monoisotopic (exact) mass is 278 g/mol. The molecule has 1 rings (SSSR count). The Hall–Kier alpha value is -0.0600. The van der Waals surface area contributed by atoms with Crippen molar-refractivity contribution in [1.82, 2.24) is 0 Å². The molecule has 0 aliphatic heterocycles. The number of hydrogen-bond acceptors (Lipinski definition) is 3. The molecule has 1 heterocycles. The molecule has 0 aliphatic rings. The molecule has 0 unspecified atom stereocenters. The summed E-state index contributed by atoms with van der Waals surface area (Å²) in [5.41, 5.74) is -0.0602. The van der Waals surface area contributed by atoms with Crippen LogP contribution in [0, 0.1) is 5.41 Å². The first-order valence-corrected chi connectivity index (χ1v) is 6.02. The van der Waals surface area contributed by atoms with Gasteiger partial charge in [-0.15, -0.1) is 11.3 Å². The van der Waals surface area contributed by atoms with Crippen molar-refractivity contribution in [2.45, 2.75) is 20.3 Å². The SMILES string of the molecule is COc1sc(CC(C)(C)CO)cc1Br. The summed E-state index contributed by atoms with van der Waals surface area (Å²) in [4.78, 5) is 1.23.